The number of aliphatic hydroxyl groups is 1. The third-order valence-electron chi connectivity index (χ3n) is 3.07. The Morgan fingerprint density at radius 1 is 1.37 bits per heavy atom. The first-order chi connectivity index (χ1) is 9.00. The predicted octanol–water partition coefficient (Wildman–Crippen LogP) is 3.23. The second-order valence-corrected chi connectivity index (χ2v) is 5.50. The van der Waals surface area contributed by atoms with Crippen molar-refractivity contribution in [2.45, 2.75) is 44.1 Å². The van der Waals surface area contributed by atoms with E-state index in [2.05, 4.69) is 6.92 Å². The zero-order valence-electron chi connectivity index (χ0n) is 11.4. The van der Waals surface area contributed by atoms with Gasteiger partial charge in [-0.25, -0.2) is 4.79 Å². The smallest absolute Gasteiger partial charge is 0.337 e. The Balaban J connectivity index is 2.60. The molecule has 2 atom stereocenters. The molecule has 0 aromatic heterocycles. The molecule has 0 unspecified atom stereocenters. The number of esters is 1. The van der Waals surface area contributed by atoms with Gasteiger partial charge in [0.15, 0.2) is 6.10 Å². The summed E-state index contributed by atoms with van der Waals surface area (Å²) >= 11 is 6.30. The molecule has 0 heterocycles. The minimum Gasteiger partial charge on any atom is -0.464 e. The molecule has 106 valence electrons. The molecule has 0 aliphatic rings. The van der Waals surface area contributed by atoms with Crippen LogP contribution in [0, 0.1) is 0 Å². The molecule has 0 radical (unpaired) electrons. The van der Waals surface area contributed by atoms with E-state index in [1.807, 2.05) is 18.2 Å². The number of aliphatic hydroxyl groups excluding tert-OH is 1. The first kappa shape index (κ1) is 16.0. The molecule has 0 saturated carbocycles. The van der Waals surface area contributed by atoms with Gasteiger partial charge >= 0.3 is 5.97 Å². The summed E-state index contributed by atoms with van der Waals surface area (Å²) in [5, 5.41) is 10.0. The van der Waals surface area contributed by atoms with Crippen LogP contribution in [-0.2, 0) is 14.4 Å². The summed E-state index contributed by atoms with van der Waals surface area (Å²) < 4.78 is 5.04. The van der Waals surface area contributed by atoms with Gasteiger partial charge in [0.2, 0.25) is 0 Å². The van der Waals surface area contributed by atoms with E-state index in [0.717, 1.165) is 19.3 Å². The van der Waals surface area contributed by atoms with Crippen LogP contribution in [0.2, 0.25) is 0 Å². The number of hydrogen-bond acceptors (Lipinski definition) is 3. The van der Waals surface area contributed by atoms with Crippen LogP contribution in [0.3, 0.4) is 0 Å². The van der Waals surface area contributed by atoms with Crippen LogP contribution in [0.1, 0.15) is 38.7 Å². The summed E-state index contributed by atoms with van der Waals surface area (Å²) in [4.78, 5) is 10.6. The van der Waals surface area contributed by atoms with Crippen LogP contribution < -0.4 is 0 Å². The molecular formula is C15H21ClO3. The van der Waals surface area contributed by atoms with Gasteiger partial charge in [-0.2, -0.15) is 0 Å². The highest BCUT2D eigenvalue weighted by molar-refractivity contribution is 6.25. The van der Waals surface area contributed by atoms with Crippen molar-refractivity contribution in [1.29, 1.82) is 0 Å². The minimum absolute atomic E-state index is 0.325. The lowest BCUT2D eigenvalue weighted by Gasteiger charge is -2.27. The van der Waals surface area contributed by atoms with Crippen LogP contribution in [0.5, 0.6) is 0 Å². The second kappa shape index (κ2) is 7.51. The van der Waals surface area contributed by atoms with Crippen LogP contribution in [0.25, 0.3) is 0 Å². The van der Waals surface area contributed by atoms with Crippen molar-refractivity contribution in [3.05, 3.63) is 35.9 Å². The van der Waals surface area contributed by atoms with Gasteiger partial charge < -0.3 is 9.84 Å². The van der Waals surface area contributed by atoms with Crippen LogP contribution in [-0.4, -0.2) is 23.8 Å². The maximum atomic E-state index is 11.8. The number of benzene rings is 1. The summed E-state index contributed by atoms with van der Waals surface area (Å²) in [7, 11) is 0. The van der Waals surface area contributed by atoms with Gasteiger partial charge in [-0.05, 0) is 18.9 Å². The fourth-order valence-electron chi connectivity index (χ4n) is 1.75. The molecule has 1 rings (SSSR count). The highest BCUT2D eigenvalue weighted by Crippen LogP contribution is 2.32. The fourth-order valence-corrected chi connectivity index (χ4v) is 1.96. The number of halogens is 1. The first-order valence-corrected chi connectivity index (χ1v) is 6.97. The third kappa shape index (κ3) is 4.51. The van der Waals surface area contributed by atoms with Crippen LogP contribution >= 0.6 is 11.6 Å². The van der Waals surface area contributed by atoms with Gasteiger partial charge in [-0.1, -0.05) is 50.1 Å². The molecule has 3 nitrogen and oxygen atoms in total. The number of alkyl halides is 1. The van der Waals surface area contributed by atoms with Crippen molar-refractivity contribution in [3.63, 3.8) is 0 Å². The Bertz CT molecular complexity index is 390. The molecule has 1 aromatic rings. The van der Waals surface area contributed by atoms with E-state index >= 15 is 0 Å². The molecule has 1 N–H and O–H groups in total. The van der Waals surface area contributed by atoms with E-state index in [4.69, 9.17) is 16.3 Å². The Morgan fingerprint density at radius 3 is 2.58 bits per heavy atom. The molecule has 0 amide bonds. The summed E-state index contributed by atoms with van der Waals surface area (Å²) in [6.07, 6.45) is 1.48. The summed E-state index contributed by atoms with van der Waals surface area (Å²) in [5.41, 5.74) is 0.690. The third-order valence-corrected chi connectivity index (χ3v) is 3.49. The lowest BCUT2D eigenvalue weighted by atomic mass is 9.94. The summed E-state index contributed by atoms with van der Waals surface area (Å²) in [5.74, 6) is -0.669. The quantitative estimate of drug-likeness (QED) is 0.475. The standard InChI is InChI=1S/C15H21ClO3/c1-3-4-8-11-19-14(18)13(17)15(2,16)12-9-6-5-7-10-12/h5-7,9-10,13,17H,3-4,8,11H2,1-2H3/t13-,15-/m0/s1. The average molecular weight is 285 g/mol. The van der Waals surface area contributed by atoms with Gasteiger partial charge in [0.1, 0.15) is 4.87 Å². The molecular weight excluding hydrogens is 264 g/mol. The van der Waals surface area contributed by atoms with E-state index in [-0.39, 0.29) is 0 Å². The van der Waals surface area contributed by atoms with Crippen molar-refractivity contribution in [3.8, 4) is 0 Å². The first-order valence-electron chi connectivity index (χ1n) is 6.59. The highest BCUT2D eigenvalue weighted by atomic mass is 35.5. The molecule has 0 aliphatic carbocycles. The Kier molecular flexibility index (Phi) is 6.32. The molecule has 1 aromatic carbocycles. The van der Waals surface area contributed by atoms with E-state index in [1.54, 1.807) is 19.1 Å². The van der Waals surface area contributed by atoms with Crippen molar-refractivity contribution in [2.75, 3.05) is 6.61 Å². The highest BCUT2D eigenvalue weighted by Gasteiger charge is 2.38. The second-order valence-electron chi connectivity index (χ2n) is 4.72. The molecule has 0 bridgehead atoms. The summed E-state index contributed by atoms with van der Waals surface area (Å²) in [6.45, 7) is 4.01. The molecule has 0 saturated heterocycles. The lowest BCUT2D eigenvalue weighted by molar-refractivity contribution is -0.155. The molecule has 19 heavy (non-hydrogen) atoms. The van der Waals surface area contributed by atoms with Crippen molar-refractivity contribution in [1.82, 2.24) is 0 Å². The van der Waals surface area contributed by atoms with Gasteiger partial charge in [0, 0.05) is 0 Å². The largest absolute Gasteiger partial charge is 0.464 e. The Hall–Kier alpha value is -1.06. The van der Waals surface area contributed by atoms with E-state index < -0.39 is 16.9 Å². The lowest BCUT2D eigenvalue weighted by Crippen LogP contribution is -2.39. The number of carbonyl (C=O) groups excluding carboxylic acids is 1. The topological polar surface area (TPSA) is 46.5 Å². The number of carbonyl (C=O) groups is 1. The van der Waals surface area contributed by atoms with E-state index in [1.165, 1.54) is 0 Å². The van der Waals surface area contributed by atoms with E-state index in [0.29, 0.717) is 12.2 Å². The van der Waals surface area contributed by atoms with Gasteiger partial charge in [-0.15, -0.1) is 11.6 Å². The van der Waals surface area contributed by atoms with Crippen molar-refractivity contribution >= 4 is 17.6 Å². The molecule has 0 aliphatic heterocycles. The van der Waals surface area contributed by atoms with Gasteiger partial charge in [0.05, 0.1) is 6.61 Å². The van der Waals surface area contributed by atoms with Crippen LogP contribution in [0.15, 0.2) is 30.3 Å². The zero-order chi connectivity index (χ0) is 14.3. The molecule has 4 heteroatoms. The van der Waals surface area contributed by atoms with E-state index in [9.17, 15) is 9.90 Å². The maximum absolute atomic E-state index is 11.8. The Morgan fingerprint density at radius 2 is 2.00 bits per heavy atom. The van der Waals surface area contributed by atoms with Gasteiger partial charge in [0.25, 0.3) is 0 Å². The van der Waals surface area contributed by atoms with Crippen molar-refractivity contribution < 1.29 is 14.6 Å². The average Bonchev–Trinajstić information content (AvgIpc) is 2.43. The van der Waals surface area contributed by atoms with Crippen molar-refractivity contribution in [2.24, 2.45) is 0 Å². The van der Waals surface area contributed by atoms with Crippen LogP contribution in [0.4, 0.5) is 0 Å². The zero-order valence-corrected chi connectivity index (χ0v) is 12.2. The number of unbranched alkanes of at least 4 members (excludes halogenated alkanes) is 2. The maximum Gasteiger partial charge on any atom is 0.337 e. The fraction of sp³-hybridized carbons (Fsp3) is 0.533. The minimum atomic E-state index is -1.38. The molecule has 0 spiro atoms. The SMILES string of the molecule is CCCCCOC(=O)[C@H](O)[C@@](C)(Cl)c1ccccc1. The summed E-state index contributed by atoms with van der Waals surface area (Å²) in [6, 6.07) is 9.04. The number of rotatable bonds is 7. The number of ether oxygens (including phenoxy) is 1. The normalized spacial score (nSPS) is 15.6. The Labute approximate surface area is 119 Å². The number of hydrogen-bond donors (Lipinski definition) is 1. The predicted molar refractivity (Wildman–Crippen MR) is 76.1 cm³/mol. The van der Waals surface area contributed by atoms with Gasteiger partial charge in [-0.3, -0.25) is 0 Å². The monoisotopic (exact) mass is 284 g/mol. The molecule has 0 fully saturated rings.